The van der Waals surface area contributed by atoms with Crippen LogP contribution < -0.4 is 0 Å². The van der Waals surface area contributed by atoms with Gasteiger partial charge in [-0.25, -0.2) is 4.57 Å². The summed E-state index contributed by atoms with van der Waals surface area (Å²) >= 11 is 0. The van der Waals surface area contributed by atoms with E-state index in [9.17, 15) is 14.2 Å². The van der Waals surface area contributed by atoms with Gasteiger partial charge in [-0.3, -0.25) is 9.59 Å². The maximum absolute atomic E-state index is 12.7. The third-order valence-corrected chi connectivity index (χ3v) is 4.78. The van der Waals surface area contributed by atoms with Crippen molar-refractivity contribution >= 4 is 19.5 Å². The number of carbonyl (C=O) groups excluding carboxylic acids is 2. The molecule has 0 aliphatic heterocycles. The zero-order valence-electron chi connectivity index (χ0n) is 12.6. The second-order valence-electron chi connectivity index (χ2n) is 4.76. The summed E-state index contributed by atoms with van der Waals surface area (Å²) in [6.45, 7) is 4.84. The summed E-state index contributed by atoms with van der Waals surface area (Å²) in [4.78, 5) is 23.2. The normalized spacial score (nSPS) is 13.5. The topological polar surface area (TPSA) is 69.7 Å². The van der Waals surface area contributed by atoms with Crippen LogP contribution in [0.3, 0.4) is 0 Å². The largest absolute Gasteiger partial charge is 0.439 e. The molecule has 0 radical (unpaired) electrons. The molecule has 116 valence electrons. The molecule has 1 rings (SSSR count). The van der Waals surface area contributed by atoms with E-state index in [-0.39, 0.29) is 12.1 Å². The van der Waals surface area contributed by atoms with Crippen molar-refractivity contribution in [3.05, 3.63) is 35.9 Å². The standard InChI is InChI=1S/C15H21O5P/c1-4-14(5-2)15(17)20-21(18,19-12(3)16)11-13-9-7-6-8-10-13/h6-10,14H,4-5,11H2,1-3H3. The lowest BCUT2D eigenvalue weighted by atomic mass is 10.0. The molecule has 0 amide bonds. The van der Waals surface area contributed by atoms with Crippen LogP contribution >= 0.6 is 7.60 Å². The quantitative estimate of drug-likeness (QED) is 0.714. The van der Waals surface area contributed by atoms with E-state index in [1.807, 2.05) is 19.9 Å². The molecule has 0 fully saturated rings. The molecule has 1 aromatic rings. The highest BCUT2D eigenvalue weighted by molar-refractivity contribution is 7.54. The molecule has 0 heterocycles. The van der Waals surface area contributed by atoms with Gasteiger partial charge in [-0.05, 0) is 18.4 Å². The summed E-state index contributed by atoms with van der Waals surface area (Å²) in [6.07, 6.45) is 1.06. The van der Waals surface area contributed by atoms with E-state index < -0.39 is 19.5 Å². The minimum atomic E-state index is -3.83. The molecule has 0 saturated carbocycles. The summed E-state index contributed by atoms with van der Waals surface area (Å²) in [5.74, 6) is -1.66. The van der Waals surface area contributed by atoms with Crippen molar-refractivity contribution in [3.8, 4) is 0 Å². The molecule has 21 heavy (non-hydrogen) atoms. The van der Waals surface area contributed by atoms with Gasteiger partial charge in [0.05, 0.1) is 12.1 Å². The molecule has 0 aromatic heterocycles. The number of rotatable bonds is 7. The van der Waals surface area contributed by atoms with Gasteiger partial charge in [0.15, 0.2) is 0 Å². The molecule has 5 nitrogen and oxygen atoms in total. The SMILES string of the molecule is CCC(CC)C(=O)OP(=O)(Cc1ccccc1)OC(C)=O. The van der Waals surface area contributed by atoms with Gasteiger partial charge in [0, 0.05) is 6.92 Å². The molecule has 0 spiro atoms. The Labute approximate surface area is 125 Å². The van der Waals surface area contributed by atoms with Crippen molar-refractivity contribution in [2.45, 2.75) is 39.8 Å². The van der Waals surface area contributed by atoms with Crippen LogP contribution in [0.2, 0.25) is 0 Å². The van der Waals surface area contributed by atoms with Gasteiger partial charge in [-0.1, -0.05) is 44.2 Å². The average Bonchev–Trinajstić information content (AvgIpc) is 2.39. The van der Waals surface area contributed by atoms with Gasteiger partial charge in [0.2, 0.25) is 0 Å². The lowest BCUT2D eigenvalue weighted by Gasteiger charge is -2.19. The fourth-order valence-corrected chi connectivity index (χ4v) is 3.56. The van der Waals surface area contributed by atoms with E-state index in [0.717, 1.165) is 6.92 Å². The summed E-state index contributed by atoms with van der Waals surface area (Å²) in [7, 11) is -3.83. The van der Waals surface area contributed by atoms with E-state index in [1.165, 1.54) is 0 Å². The Bertz CT molecular complexity index is 522. The minimum Gasteiger partial charge on any atom is -0.383 e. The Morgan fingerprint density at radius 3 is 2.14 bits per heavy atom. The maximum Gasteiger partial charge on any atom is 0.439 e. The van der Waals surface area contributed by atoms with Gasteiger partial charge in [-0.15, -0.1) is 0 Å². The molecule has 0 bridgehead atoms. The van der Waals surface area contributed by atoms with Gasteiger partial charge < -0.3 is 9.05 Å². The number of hydrogen-bond acceptors (Lipinski definition) is 5. The molecule has 1 atom stereocenters. The number of hydrogen-bond donors (Lipinski definition) is 0. The van der Waals surface area contributed by atoms with Crippen LogP contribution in [0, 0.1) is 5.92 Å². The van der Waals surface area contributed by atoms with Crippen LogP contribution in [0.4, 0.5) is 0 Å². The summed E-state index contributed by atoms with van der Waals surface area (Å²) < 4.78 is 22.5. The molecule has 0 aliphatic carbocycles. The predicted octanol–water partition coefficient (Wildman–Crippen LogP) is 3.92. The molecule has 0 saturated heterocycles. The third-order valence-electron chi connectivity index (χ3n) is 3.03. The maximum atomic E-state index is 12.7. The monoisotopic (exact) mass is 312 g/mol. The average molecular weight is 312 g/mol. The fraction of sp³-hybridized carbons (Fsp3) is 0.467. The highest BCUT2D eigenvalue weighted by Crippen LogP contribution is 2.52. The van der Waals surface area contributed by atoms with Crippen LogP contribution in [-0.4, -0.2) is 11.9 Å². The summed E-state index contributed by atoms with van der Waals surface area (Å²) in [5, 5.41) is 0. The van der Waals surface area contributed by atoms with Crippen molar-refractivity contribution in [2.24, 2.45) is 5.92 Å². The lowest BCUT2D eigenvalue weighted by Crippen LogP contribution is -2.17. The van der Waals surface area contributed by atoms with E-state index in [4.69, 9.17) is 9.05 Å². The molecule has 1 aromatic carbocycles. The molecule has 0 aliphatic rings. The van der Waals surface area contributed by atoms with Crippen LogP contribution in [0.1, 0.15) is 39.2 Å². The van der Waals surface area contributed by atoms with E-state index in [0.29, 0.717) is 18.4 Å². The lowest BCUT2D eigenvalue weighted by molar-refractivity contribution is -0.141. The van der Waals surface area contributed by atoms with Gasteiger partial charge in [0.1, 0.15) is 0 Å². The Morgan fingerprint density at radius 1 is 1.10 bits per heavy atom. The molecular formula is C15H21O5P. The molecule has 1 unspecified atom stereocenters. The minimum absolute atomic E-state index is 0.112. The summed E-state index contributed by atoms with van der Waals surface area (Å²) in [5.41, 5.74) is 0.680. The molecule has 6 heteroatoms. The van der Waals surface area contributed by atoms with Crippen LogP contribution in [-0.2, 0) is 29.4 Å². The number of benzene rings is 1. The Kier molecular flexibility index (Phi) is 6.63. The van der Waals surface area contributed by atoms with Gasteiger partial charge >= 0.3 is 19.5 Å². The fourth-order valence-electron chi connectivity index (χ4n) is 1.92. The third kappa shape index (κ3) is 5.72. The van der Waals surface area contributed by atoms with E-state index in [2.05, 4.69) is 0 Å². The van der Waals surface area contributed by atoms with Crippen molar-refractivity contribution in [2.75, 3.05) is 0 Å². The van der Waals surface area contributed by atoms with E-state index >= 15 is 0 Å². The van der Waals surface area contributed by atoms with Crippen LogP contribution in [0.5, 0.6) is 0 Å². The predicted molar refractivity (Wildman–Crippen MR) is 79.7 cm³/mol. The Balaban J connectivity index is 2.91. The Morgan fingerprint density at radius 2 is 1.67 bits per heavy atom. The van der Waals surface area contributed by atoms with Crippen LogP contribution in [0.25, 0.3) is 0 Å². The smallest absolute Gasteiger partial charge is 0.383 e. The molecular weight excluding hydrogens is 291 g/mol. The highest BCUT2D eigenvalue weighted by Gasteiger charge is 2.34. The van der Waals surface area contributed by atoms with Gasteiger partial charge in [0.25, 0.3) is 0 Å². The first-order chi connectivity index (χ1) is 9.90. The summed E-state index contributed by atoms with van der Waals surface area (Å²) in [6, 6.07) is 8.84. The zero-order chi connectivity index (χ0) is 15.9. The van der Waals surface area contributed by atoms with Crippen molar-refractivity contribution in [1.29, 1.82) is 0 Å². The van der Waals surface area contributed by atoms with Crippen LogP contribution in [0.15, 0.2) is 30.3 Å². The second kappa shape index (κ2) is 7.99. The van der Waals surface area contributed by atoms with Crippen molar-refractivity contribution < 1.29 is 23.2 Å². The first kappa shape index (κ1) is 17.4. The van der Waals surface area contributed by atoms with Gasteiger partial charge in [-0.2, -0.15) is 0 Å². The first-order valence-electron chi connectivity index (χ1n) is 6.96. The van der Waals surface area contributed by atoms with Crippen molar-refractivity contribution in [1.82, 2.24) is 0 Å². The van der Waals surface area contributed by atoms with Crippen molar-refractivity contribution in [3.63, 3.8) is 0 Å². The first-order valence-corrected chi connectivity index (χ1v) is 8.69. The zero-order valence-corrected chi connectivity index (χ0v) is 13.5. The Hall–Kier alpha value is -1.61. The second-order valence-corrected chi connectivity index (χ2v) is 6.66. The molecule has 0 N–H and O–H groups in total. The van der Waals surface area contributed by atoms with E-state index in [1.54, 1.807) is 24.3 Å². The number of carbonyl (C=O) groups is 2. The highest BCUT2D eigenvalue weighted by atomic mass is 31.2.